The van der Waals surface area contributed by atoms with Gasteiger partial charge < -0.3 is 0 Å². The van der Waals surface area contributed by atoms with Gasteiger partial charge in [0.15, 0.2) is 0 Å². The van der Waals surface area contributed by atoms with E-state index in [9.17, 15) is 7.35 Å². The van der Waals surface area contributed by atoms with E-state index in [4.69, 9.17) is 0 Å². The number of hydrogen-bond acceptors (Lipinski definition) is 4. The van der Waals surface area contributed by atoms with Crippen LogP contribution in [0.5, 0.6) is 0 Å². The van der Waals surface area contributed by atoms with E-state index in [1.807, 2.05) is 13.8 Å². The van der Waals surface area contributed by atoms with Crippen LogP contribution in [0.4, 0.5) is 0 Å². The summed E-state index contributed by atoms with van der Waals surface area (Å²) < 4.78 is 23.4. The van der Waals surface area contributed by atoms with Crippen LogP contribution in [-0.4, -0.2) is 6.61 Å². The molecular weight excluding hydrogens is 163 g/mol. The predicted molar refractivity (Wildman–Crippen MR) is 23.2 cm³/mol. The third-order valence-corrected chi connectivity index (χ3v) is 0.870. The van der Waals surface area contributed by atoms with Gasteiger partial charge in [-0.1, -0.05) is 0 Å². The Kier molecular flexibility index (Phi) is 4.99. The molecule has 0 aromatic rings. The summed E-state index contributed by atoms with van der Waals surface area (Å²) in [4.78, 5) is 4.30. The quantitative estimate of drug-likeness (QED) is 0.465. The van der Waals surface area contributed by atoms with E-state index in [-0.39, 0.29) is 0 Å². The molecule has 54 valence electrons. The second-order valence-corrected chi connectivity index (χ2v) is 2.91. The molecule has 0 aliphatic heterocycles. The molecule has 0 spiro atoms. The Labute approximate surface area is 58.4 Å². The molecule has 0 rings (SSSR count). The Morgan fingerprint density at radius 2 is 2.00 bits per heavy atom. The van der Waals surface area contributed by atoms with E-state index >= 15 is 0 Å². The van der Waals surface area contributed by atoms with E-state index in [2.05, 4.69) is 8.70 Å². The van der Waals surface area contributed by atoms with Gasteiger partial charge in [-0.05, 0) is 0 Å². The van der Waals surface area contributed by atoms with Crippen LogP contribution < -0.4 is 0 Å². The molecule has 0 saturated heterocycles. The molecule has 0 amide bonds. The Morgan fingerprint density at radius 1 is 1.44 bits per heavy atom. The zero-order valence-corrected chi connectivity index (χ0v) is 6.76. The summed E-state index contributed by atoms with van der Waals surface area (Å²) in [6.07, 6.45) is 0. The molecule has 0 aromatic heterocycles. The van der Waals surface area contributed by atoms with Crippen LogP contribution in [0.1, 0.15) is 13.8 Å². The summed E-state index contributed by atoms with van der Waals surface area (Å²) in [6.45, 7) is 4.11. The van der Waals surface area contributed by atoms with Crippen molar-refractivity contribution in [3.63, 3.8) is 0 Å². The third kappa shape index (κ3) is 8.10. The van der Waals surface area contributed by atoms with Crippen molar-refractivity contribution < 1.29 is 31.4 Å². The van der Waals surface area contributed by atoms with Gasteiger partial charge in [0.25, 0.3) is 0 Å². The van der Waals surface area contributed by atoms with Crippen LogP contribution in [0, 0.1) is 5.92 Å². The van der Waals surface area contributed by atoms with Crippen molar-refractivity contribution in [2.24, 2.45) is 5.92 Å². The summed E-state index contributed by atoms with van der Waals surface area (Å²) >= 11 is -3.51. The molecule has 0 atom stereocenters. The fourth-order valence-electron chi connectivity index (χ4n) is 0.210. The van der Waals surface area contributed by atoms with Crippen molar-refractivity contribution in [1.82, 2.24) is 0 Å². The molecule has 0 aliphatic carbocycles. The van der Waals surface area contributed by atoms with Gasteiger partial charge in [0.2, 0.25) is 0 Å². The van der Waals surface area contributed by atoms with E-state index in [1.54, 1.807) is 0 Å². The van der Waals surface area contributed by atoms with Crippen molar-refractivity contribution in [2.45, 2.75) is 13.8 Å². The second-order valence-electron chi connectivity index (χ2n) is 1.98. The summed E-state index contributed by atoms with van der Waals surface area (Å²) in [7, 11) is 0. The van der Waals surface area contributed by atoms with Gasteiger partial charge in [-0.3, -0.25) is 0 Å². The molecule has 4 nitrogen and oxygen atoms in total. The van der Waals surface area contributed by atoms with E-state index < -0.39 is 15.4 Å². The second kappa shape index (κ2) is 4.93. The Morgan fingerprint density at radius 3 is 2.33 bits per heavy atom. The van der Waals surface area contributed by atoms with Crippen molar-refractivity contribution in [3.8, 4) is 0 Å². The number of hydrogen-bond donors (Lipinski definition) is 0. The van der Waals surface area contributed by atoms with Crippen molar-refractivity contribution >= 4 is 0 Å². The van der Waals surface area contributed by atoms with Crippen molar-refractivity contribution in [3.05, 3.63) is 0 Å². The van der Waals surface area contributed by atoms with Gasteiger partial charge >= 0.3 is 57.8 Å². The molecule has 0 unspecified atom stereocenters. The minimum absolute atomic E-state index is 0.291. The molecule has 0 radical (unpaired) electrons. The molecule has 0 aliphatic rings. The molecule has 0 bridgehead atoms. The van der Waals surface area contributed by atoms with Crippen LogP contribution in [-0.2, 0) is 31.4 Å². The van der Waals surface area contributed by atoms with Crippen LogP contribution >= 0.6 is 0 Å². The maximum atomic E-state index is 9.75. The fourth-order valence-corrected chi connectivity index (χ4v) is 0.439. The van der Waals surface area contributed by atoms with Crippen LogP contribution in [0.2, 0.25) is 0 Å². The normalized spacial score (nSPS) is 10.1. The van der Waals surface area contributed by atoms with Crippen molar-refractivity contribution in [1.29, 1.82) is 0 Å². The van der Waals surface area contributed by atoms with E-state index in [1.165, 1.54) is 0 Å². The first kappa shape index (κ1) is 9.10. The number of rotatable bonds is 4. The molecule has 0 aromatic carbocycles. The Bertz CT molecular complexity index is 121. The average Bonchev–Trinajstić information content (AvgIpc) is 1.63. The molecule has 0 N–H and O–H groups in total. The predicted octanol–water partition coefficient (Wildman–Crippen LogP) is 0.815. The fraction of sp³-hybridized carbons (Fsp3) is 1.00. The molecule has 0 saturated carbocycles. The first-order valence-corrected chi connectivity index (χ1v) is 4.28. The van der Waals surface area contributed by atoms with E-state index in [0.29, 0.717) is 12.5 Å². The van der Waals surface area contributed by atoms with Crippen LogP contribution in [0.3, 0.4) is 0 Å². The molecule has 5 heteroatoms. The zero-order chi connectivity index (χ0) is 7.28. The van der Waals surface area contributed by atoms with Gasteiger partial charge in [-0.15, -0.1) is 0 Å². The van der Waals surface area contributed by atoms with Gasteiger partial charge in [0.05, 0.1) is 0 Å². The first-order chi connectivity index (χ1) is 4.13. The standard InChI is InChI=1S/C4H10O2.2O.V/c1-4(2)3-6-5;;;/h4-5H,3H2,1-2H3;;;/q;;;+1/p-1. The molecular formula is C4H9O4V. The first-order valence-electron chi connectivity index (χ1n) is 2.57. The van der Waals surface area contributed by atoms with Gasteiger partial charge in [0.1, 0.15) is 0 Å². The van der Waals surface area contributed by atoms with Gasteiger partial charge in [-0.2, -0.15) is 0 Å². The summed E-state index contributed by atoms with van der Waals surface area (Å²) in [5, 5.41) is 0. The van der Waals surface area contributed by atoms with E-state index in [0.717, 1.165) is 0 Å². The Balaban J connectivity index is 3.10. The summed E-state index contributed by atoms with van der Waals surface area (Å²) in [6, 6.07) is 0. The van der Waals surface area contributed by atoms with Crippen LogP contribution in [0.15, 0.2) is 0 Å². The Hall–Kier alpha value is 0.104. The SMILES string of the molecule is CC(C)CO[O][V](=[O])=[O]. The summed E-state index contributed by atoms with van der Waals surface area (Å²) in [5.74, 6) is 0.291. The monoisotopic (exact) mass is 172 g/mol. The minimum atomic E-state index is -3.51. The van der Waals surface area contributed by atoms with Gasteiger partial charge in [-0.25, -0.2) is 0 Å². The zero-order valence-electron chi connectivity index (χ0n) is 5.36. The molecule has 0 heterocycles. The third-order valence-electron chi connectivity index (χ3n) is 0.515. The van der Waals surface area contributed by atoms with Gasteiger partial charge in [0, 0.05) is 0 Å². The molecule has 9 heavy (non-hydrogen) atoms. The van der Waals surface area contributed by atoms with Crippen molar-refractivity contribution in [2.75, 3.05) is 6.61 Å². The molecule has 0 fully saturated rings. The summed E-state index contributed by atoms with van der Waals surface area (Å²) in [5.41, 5.74) is 0. The maximum absolute atomic E-state index is 9.75. The topological polar surface area (TPSA) is 52.6 Å². The van der Waals surface area contributed by atoms with Crippen LogP contribution in [0.25, 0.3) is 0 Å². The average molecular weight is 172 g/mol.